The van der Waals surface area contributed by atoms with E-state index in [9.17, 15) is 5.11 Å². The zero-order chi connectivity index (χ0) is 13.1. The molecule has 0 radical (unpaired) electrons. The minimum Gasteiger partial charge on any atom is -0.394 e. The van der Waals surface area contributed by atoms with E-state index in [4.69, 9.17) is 5.73 Å². The molecule has 0 aliphatic heterocycles. The van der Waals surface area contributed by atoms with Crippen LogP contribution in [-0.4, -0.2) is 27.5 Å². The van der Waals surface area contributed by atoms with Gasteiger partial charge in [-0.1, -0.05) is 19.8 Å². The number of hydrogen-bond acceptors (Lipinski definition) is 4. The molecule has 1 aliphatic rings. The van der Waals surface area contributed by atoms with Crippen LogP contribution in [-0.2, 0) is 13.5 Å². The number of nitrogens with one attached hydrogen (secondary N) is 1. The van der Waals surface area contributed by atoms with Crippen LogP contribution in [0.5, 0.6) is 0 Å². The van der Waals surface area contributed by atoms with Gasteiger partial charge in [0.1, 0.15) is 5.82 Å². The van der Waals surface area contributed by atoms with E-state index in [2.05, 4.69) is 17.3 Å². The number of nitrogen functional groups attached to an aromatic ring is 1. The van der Waals surface area contributed by atoms with Gasteiger partial charge in [-0.2, -0.15) is 5.10 Å². The SMILES string of the molecule is CCCc1nn(C)c(NCC2CCCC2O)c1N. The maximum Gasteiger partial charge on any atom is 0.147 e. The first-order valence-corrected chi connectivity index (χ1v) is 6.86. The molecule has 0 aromatic carbocycles. The fourth-order valence-corrected chi connectivity index (χ4v) is 2.71. The fourth-order valence-electron chi connectivity index (χ4n) is 2.71. The van der Waals surface area contributed by atoms with Crippen molar-refractivity contribution in [3.8, 4) is 0 Å². The van der Waals surface area contributed by atoms with Gasteiger partial charge in [0.05, 0.1) is 17.5 Å². The molecular weight excluding hydrogens is 228 g/mol. The molecule has 0 saturated heterocycles. The molecule has 1 aromatic rings. The van der Waals surface area contributed by atoms with Crippen LogP contribution in [0.15, 0.2) is 0 Å². The van der Waals surface area contributed by atoms with Crippen molar-refractivity contribution in [2.24, 2.45) is 13.0 Å². The number of aliphatic hydroxyl groups excluding tert-OH is 1. The van der Waals surface area contributed by atoms with Crippen molar-refractivity contribution in [1.82, 2.24) is 9.78 Å². The van der Waals surface area contributed by atoms with Gasteiger partial charge in [-0.25, -0.2) is 0 Å². The standard InChI is InChI=1S/C13H24N4O/c1-3-5-10-12(14)13(17(2)16-10)15-8-9-6-4-7-11(9)18/h9,11,15,18H,3-8,14H2,1-2H3. The Hall–Kier alpha value is -1.23. The van der Waals surface area contributed by atoms with Crippen LogP contribution in [0.25, 0.3) is 0 Å². The minimum absolute atomic E-state index is 0.165. The lowest BCUT2D eigenvalue weighted by Gasteiger charge is -2.16. The van der Waals surface area contributed by atoms with Crippen LogP contribution >= 0.6 is 0 Å². The number of aryl methyl sites for hydroxylation is 2. The first-order chi connectivity index (χ1) is 8.63. The van der Waals surface area contributed by atoms with E-state index in [1.807, 2.05) is 11.7 Å². The molecule has 5 nitrogen and oxygen atoms in total. The summed E-state index contributed by atoms with van der Waals surface area (Å²) >= 11 is 0. The Labute approximate surface area is 108 Å². The van der Waals surface area contributed by atoms with Gasteiger partial charge in [0.2, 0.25) is 0 Å². The average Bonchev–Trinajstić information content (AvgIpc) is 2.84. The van der Waals surface area contributed by atoms with E-state index >= 15 is 0 Å². The number of aromatic nitrogens is 2. The van der Waals surface area contributed by atoms with E-state index in [0.29, 0.717) is 5.92 Å². The Morgan fingerprint density at radius 1 is 1.50 bits per heavy atom. The highest BCUT2D eigenvalue weighted by Gasteiger charge is 2.25. The highest BCUT2D eigenvalue weighted by molar-refractivity contribution is 5.65. The van der Waals surface area contributed by atoms with E-state index in [-0.39, 0.29) is 6.10 Å². The largest absolute Gasteiger partial charge is 0.394 e. The third-order valence-electron chi connectivity index (χ3n) is 3.80. The number of rotatable bonds is 5. The Morgan fingerprint density at radius 2 is 2.28 bits per heavy atom. The molecule has 18 heavy (non-hydrogen) atoms. The van der Waals surface area contributed by atoms with Gasteiger partial charge >= 0.3 is 0 Å². The van der Waals surface area contributed by atoms with Crippen LogP contribution < -0.4 is 11.1 Å². The molecule has 4 N–H and O–H groups in total. The Morgan fingerprint density at radius 3 is 2.89 bits per heavy atom. The third-order valence-corrected chi connectivity index (χ3v) is 3.80. The first-order valence-electron chi connectivity index (χ1n) is 6.86. The monoisotopic (exact) mass is 252 g/mol. The summed E-state index contributed by atoms with van der Waals surface area (Å²) in [4.78, 5) is 0. The second kappa shape index (κ2) is 5.61. The van der Waals surface area contributed by atoms with Crippen molar-refractivity contribution < 1.29 is 5.11 Å². The van der Waals surface area contributed by atoms with Crippen molar-refractivity contribution in [3.63, 3.8) is 0 Å². The minimum atomic E-state index is -0.165. The van der Waals surface area contributed by atoms with Gasteiger partial charge in [-0.15, -0.1) is 0 Å². The topological polar surface area (TPSA) is 76.1 Å². The lowest BCUT2D eigenvalue weighted by Crippen LogP contribution is -2.23. The number of hydrogen-bond donors (Lipinski definition) is 3. The lowest BCUT2D eigenvalue weighted by molar-refractivity contribution is 0.138. The predicted octanol–water partition coefficient (Wildman–Crippen LogP) is 1.53. The zero-order valence-electron chi connectivity index (χ0n) is 11.3. The molecule has 1 saturated carbocycles. The molecule has 0 bridgehead atoms. The molecule has 5 heteroatoms. The van der Waals surface area contributed by atoms with Crippen molar-refractivity contribution in [1.29, 1.82) is 0 Å². The second-order valence-electron chi connectivity index (χ2n) is 5.22. The summed E-state index contributed by atoms with van der Waals surface area (Å²) in [6, 6.07) is 0. The molecule has 2 atom stereocenters. The summed E-state index contributed by atoms with van der Waals surface area (Å²) in [7, 11) is 1.91. The summed E-state index contributed by atoms with van der Waals surface area (Å²) in [5, 5.41) is 17.6. The second-order valence-corrected chi connectivity index (χ2v) is 5.22. The normalized spacial score (nSPS) is 23.5. The van der Waals surface area contributed by atoms with E-state index < -0.39 is 0 Å². The summed E-state index contributed by atoms with van der Waals surface area (Å²) in [6.07, 6.45) is 4.93. The van der Waals surface area contributed by atoms with Gasteiger partial charge in [-0.05, 0) is 19.3 Å². The van der Waals surface area contributed by atoms with Crippen molar-refractivity contribution in [3.05, 3.63) is 5.69 Å². The number of nitrogens with zero attached hydrogens (tertiary/aromatic N) is 2. The number of aliphatic hydroxyl groups is 1. The van der Waals surface area contributed by atoms with Crippen LogP contribution in [0.3, 0.4) is 0 Å². The lowest BCUT2D eigenvalue weighted by atomic mass is 10.1. The molecule has 102 valence electrons. The highest BCUT2D eigenvalue weighted by Crippen LogP contribution is 2.28. The first kappa shape index (κ1) is 13.2. The summed E-state index contributed by atoms with van der Waals surface area (Å²) in [5.74, 6) is 1.23. The maximum absolute atomic E-state index is 9.80. The van der Waals surface area contributed by atoms with Crippen molar-refractivity contribution >= 4 is 11.5 Å². The molecule has 2 rings (SSSR count). The summed E-state index contributed by atoms with van der Waals surface area (Å²) in [6.45, 7) is 2.90. The molecular formula is C13H24N4O. The molecule has 0 spiro atoms. The van der Waals surface area contributed by atoms with Gasteiger partial charge < -0.3 is 16.2 Å². The van der Waals surface area contributed by atoms with Crippen molar-refractivity contribution in [2.45, 2.75) is 45.1 Å². The third kappa shape index (κ3) is 2.61. The summed E-state index contributed by atoms with van der Waals surface area (Å²) in [5.41, 5.74) is 7.82. The van der Waals surface area contributed by atoms with Crippen LogP contribution in [0.4, 0.5) is 11.5 Å². The maximum atomic E-state index is 9.80. The predicted molar refractivity (Wildman–Crippen MR) is 73.5 cm³/mol. The van der Waals surface area contributed by atoms with Gasteiger partial charge in [0.15, 0.2) is 0 Å². The molecule has 2 unspecified atom stereocenters. The quantitative estimate of drug-likeness (QED) is 0.743. The molecule has 1 aliphatic carbocycles. The Bertz CT molecular complexity index is 402. The van der Waals surface area contributed by atoms with E-state index in [1.54, 1.807) is 0 Å². The van der Waals surface area contributed by atoms with E-state index in [1.165, 1.54) is 0 Å². The summed E-state index contributed by atoms with van der Waals surface area (Å²) < 4.78 is 1.81. The van der Waals surface area contributed by atoms with Crippen LogP contribution in [0.1, 0.15) is 38.3 Å². The molecule has 1 heterocycles. The fraction of sp³-hybridized carbons (Fsp3) is 0.769. The molecule has 1 aromatic heterocycles. The molecule has 1 fully saturated rings. The Kier molecular flexibility index (Phi) is 4.11. The van der Waals surface area contributed by atoms with Crippen LogP contribution in [0, 0.1) is 5.92 Å². The number of nitrogens with two attached hydrogens (primary N) is 1. The van der Waals surface area contributed by atoms with Gasteiger partial charge in [-0.3, -0.25) is 4.68 Å². The highest BCUT2D eigenvalue weighted by atomic mass is 16.3. The van der Waals surface area contributed by atoms with Crippen molar-refractivity contribution in [2.75, 3.05) is 17.6 Å². The van der Waals surface area contributed by atoms with E-state index in [0.717, 1.165) is 55.8 Å². The number of anilines is 2. The zero-order valence-corrected chi connectivity index (χ0v) is 11.3. The van der Waals surface area contributed by atoms with Gasteiger partial charge in [0, 0.05) is 19.5 Å². The average molecular weight is 252 g/mol. The van der Waals surface area contributed by atoms with Gasteiger partial charge in [0.25, 0.3) is 0 Å². The molecule has 0 amide bonds. The Balaban J connectivity index is 2.00. The van der Waals surface area contributed by atoms with Crippen LogP contribution in [0.2, 0.25) is 0 Å². The smallest absolute Gasteiger partial charge is 0.147 e.